The summed E-state index contributed by atoms with van der Waals surface area (Å²) >= 11 is 0. The van der Waals surface area contributed by atoms with Crippen molar-refractivity contribution in [1.82, 2.24) is 0 Å². The minimum Gasteiger partial charge on any atom is -0.454 e. The first kappa shape index (κ1) is 11.0. The third-order valence-electron chi connectivity index (χ3n) is 2.88. The summed E-state index contributed by atoms with van der Waals surface area (Å²) in [6, 6.07) is 11.1. The van der Waals surface area contributed by atoms with E-state index < -0.39 is 6.10 Å². The molecule has 3 nitrogen and oxygen atoms in total. The van der Waals surface area contributed by atoms with Crippen LogP contribution in [0.25, 0.3) is 0 Å². The van der Waals surface area contributed by atoms with Gasteiger partial charge in [0.1, 0.15) is 11.9 Å². The van der Waals surface area contributed by atoms with Gasteiger partial charge in [0.05, 0.1) is 0 Å². The minimum atomic E-state index is -0.879. The van der Waals surface area contributed by atoms with Gasteiger partial charge in [-0.05, 0) is 35.4 Å². The zero-order chi connectivity index (χ0) is 12.5. The van der Waals surface area contributed by atoms with Gasteiger partial charge >= 0.3 is 0 Å². The molecule has 0 fully saturated rings. The van der Waals surface area contributed by atoms with Crippen LogP contribution in [0.2, 0.25) is 0 Å². The maximum absolute atomic E-state index is 13.1. The van der Waals surface area contributed by atoms with Crippen molar-refractivity contribution in [1.29, 1.82) is 0 Å². The van der Waals surface area contributed by atoms with Gasteiger partial charge in [-0.15, -0.1) is 0 Å². The maximum Gasteiger partial charge on any atom is 0.231 e. The van der Waals surface area contributed by atoms with Gasteiger partial charge in [-0.3, -0.25) is 0 Å². The van der Waals surface area contributed by atoms with E-state index in [0.717, 1.165) is 0 Å². The van der Waals surface area contributed by atoms with Crippen molar-refractivity contribution in [3.05, 3.63) is 59.4 Å². The van der Waals surface area contributed by atoms with Gasteiger partial charge in [0, 0.05) is 0 Å². The van der Waals surface area contributed by atoms with Gasteiger partial charge in [-0.25, -0.2) is 4.39 Å². The average Bonchev–Trinajstić information content (AvgIpc) is 2.85. The number of ether oxygens (including phenoxy) is 2. The normalized spacial score (nSPS) is 14.6. The number of aliphatic hydroxyl groups is 1. The van der Waals surface area contributed by atoms with Crippen molar-refractivity contribution >= 4 is 0 Å². The molecule has 92 valence electrons. The third-order valence-corrected chi connectivity index (χ3v) is 2.88. The standard InChI is InChI=1S/C14H11FO3/c15-11-3-1-2-9(6-11)14(16)10-4-5-12-13(7-10)18-8-17-12/h1-7,14,16H,8H2. The molecule has 0 saturated carbocycles. The molecule has 0 aromatic heterocycles. The van der Waals surface area contributed by atoms with Crippen LogP contribution in [-0.4, -0.2) is 11.9 Å². The zero-order valence-electron chi connectivity index (χ0n) is 9.47. The van der Waals surface area contributed by atoms with E-state index in [0.29, 0.717) is 22.6 Å². The van der Waals surface area contributed by atoms with Crippen molar-refractivity contribution < 1.29 is 19.0 Å². The average molecular weight is 246 g/mol. The molecule has 0 radical (unpaired) electrons. The molecule has 18 heavy (non-hydrogen) atoms. The molecule has 1 atom stereocenters. The number of halogens is 1. The predicted octanol–water partition coefficient (Wildman–Crippen LogP) is 2.64. The summed E-state index contributed by atoms with van der Waals surface area (Å²) in [7, 11) is 0. The van der Waals surface area contributed by atoms with E-state index in [-0.39, 0.29) is 12.6 Å². The summed E-state index contributed by atoms with van der Waals surface area (Å²) in [5.41, 5.74) is 1.15. The molecule has 0 aliphatic carbocycles. The van der Waals surface area contributed by atoms with Crippen LogP contribution in [0.3, 0.4) is 0 Å². The topological polar surface area (TPSA) is 38.7 Å². The van der Waals surface area contributed by atoms with Crippen molar-refractivity contribution in [2.45, 2.75) is 6.10 Å². The number of rotatable bonds is 2. The van der Waals surface area contributed by atoms with Crippen molar-refractivity contribution in [2.24, 2.45) is 0 Å². The molecule has 0 bridgehead atoms. The van der Waals surface area contributed by atoms with Crippen LogP contribution < -0.4 is 9.47 Å². The van der Waals surface area contributed by atoms with E-state index >= 15 is 0 Å². The van der Waals surface area contributed by atoms with Gasteiger partial charge in [0.25, 0.3) is 0 Å². The number of fused-ring (bicyclic) bond motifs is 1. The Kier molecular flexibility index (Phi) is 2.64. The van der Waals surface area contributed by atoms with Gasteiger partial charge in [0.2, 0.25) is 6.79 Å². The van der Waals surface area contributed by atoms with Crippen LogP contribution in [0.15, 0.2) is 42.5 Å². The van der Waals surface area contributed by atoms with Crippen molar-refractivity contribution in [2.75, 3.05) is 6.79 Å². The molecule has 2 aromatic rings. The van der Waals surface area contributed by atoms with Crippen LogP contribution in [0.1, 0.15) is 17.2 Å². The lowest BCUT2D eigenvalue weighted by Crippen LogP contribution is -2.00. The maximum atomic E-state index is 13.1. The first-order valence-corrected chi connectivity index (χ1v) is 5.57. The predicted molar refractivity (Wildman–Crippen MR) is 63.0 cm³/mol. The van der Waals surface area contributed by atoms with Crippen LogP contribution >= 0.6 is 0 Å². The van der Waals surface area contributed by atoms with E-state index in [1.54, 1.807) is 30.3 Å². The summed E-state index contributed by atoms with van der Waals surface area (Å²) in [5.74, 6) is 0.889. The fourth-order valence-electron chi connectivity index (χ4n) is 1.95. The van der Waals surface area contributed by atoms with Gasteiger partial charge < -0.3 is 14.6 Å². The Labute approximate surface area is 103 Å². The molecule has 0 spiro atoms. The second-order valence-electron chi connectivity index (χ2n) is 4.07. The zero-order valence-corrected chi connectivity index (χ0v) is 9.47. The lowest BCUT2D eigenvalue weighted by Gasteiger charge is -2.12. The fraction of sp³-hybridized carbons (Fsp3) is 0.143. The number of benzene rings is 2. The smallest absolute Gasteiger partial charge is 0.231 e. The van der Waals surface area contributed by atoms with Crippen molar-refractivity contribution in [3.8, 4) is 11.5 Å². The van der Waals surface area contributed by atoms with E-state index in [2.05, 4.69) is 0 Å². The SMILES string of the molecule is OC(c1cccc(F)c1)c1ccc2c(c1)OCO2. The number of hydrogen-bond acceptors (Lipinski definition) is 3. The summed E-state index contributed by atoms with van der Waals surface area (Å²) in [4.78, 5) is 0. The summed E-state index contributed by atoms with van der Waals surface area (Å²) in [5, 5.41) is 10.2. The number of aliphatic hydroxyl groups excluding tert-OH is 1. The van der Waals surface area contributed by atoms with Crippen LogP contribution in [0.4, 0.5) is 4.39 Å². The molecule has 1 unspecified atom stereocenters. The molecule has 3 rings (SSSR count). The van der Waals surface area contributed by atoms with E-state index in [1.165, 1.54) is 12.1 Å². The highest BCUT2D eigenvalue weighted by atomic mass is 19.1. The molecule has 4 heteroatoms. The van der Waals surface area contributed by atoms with E-state index in [9.17, 15) is 9.50 Å². The largest absolute Gasteiger partial charge is 0.454 e. The first-order valence-electron chi connectivity index (χ1n) is 5.57. The highest BCUT2D eigenvalue weighted by Crippen LogP contribution is 2.35. The Hall–Kier alpha value is -2.07. The number of hydrogen-bond donors (Lipinski definition) is 1. The lowest BCUT2D eigenvalue weighted by atomic mass is 10.0. The molecule has 0 saturated heterocycles. The second kappa shape index (κ2) is 4.31. The lowest BCUT2D eigenvalue weighted by molar-refractivity contribution is 0.173. The molecule has 0 amide bonds. The van der Waals surface area contributed by atoms with Crippen LogP contribution in [0, 0.1) is 5.82 Å². The quantitative estimate of drug-likeness (QED) is 0.885. The van der Waals surface area contributed by atoms with E-state index in [1.807, 2.05) is 0 Å². The Morgan fingerprint density at radius 2 is 1.78 bits per heavy atom. The highest BCUT2D eigenvalue weighted by Gasteiger charge is 2.17. The Bertz CT molecular complexity index is 583. The fourth-order valence-corrected chi connectivity index (χ4v) is 1.95. The molecule has 1 aliphatic heterocycles. The molecule has 1 heterocycles. The molecule has 2 aromatic carbocycles. The Morgan fingerprint density at radius 3 is 2.61 bits per heavy atom. The van der Waals surface area contributed by atoms with Gasteiger partial charge in [0.15, 0.2) is 11.5 Å². The first-order chi connectivity index (χ1) is 8.74. The van der Waals surface area contributed by atoms with Gasteiger partial charge in [-0.2, -0.15) is 0 Å². The molecular formula is C14H11FO3. The monoisotopic (exact) mass is 246 g/mol. The third kappa shape index (κ3) is 1.91. The summed E-state index contributed by atoms with van der Waals surface area (Å²) < 4.78 is 23.5. The minimum absolute atomic E-state index is 0.189. The van der Waals surface area contributed by atoms with Crippen molar-refractivity contribution in [3.63, 3.8) is 0 Å². The molecular weight excluding hydrogens is 235 g/mol. The summed E-state index contributed by atoms with van der Waals surface area (Å²) in [6.07, 6.45) is -0.879. The van der Waals surface area contributed by atoms with Crippen LogP contribution in [0.5, 0.6) is 11.5 Å². The van der Waals surface area contributed by atoms with Crippen LogP contribution in [-0.2, 0) is 0 Å². The van der Waals surface area contributed by atoms with Gasteiger partial charge in [-0.1, -0.05) is 18.2 Å². The molecule has 1 aliphatic rings. The molecule has 1 N–H and O–H groups in total. The van der Waals surface area contributed by atoms with E-state index in [4.69, 9.17) is 9.47 Å². The second-order valence-corrected chi connectivity index (χ2v) is 4.07. The Morgan fingerprint density at radius 1 is 1.00 bits per heavy atom. The highest BCUT2D eigenvalue weighted by molar-refractivity contribution is 5.46. The Balaban J connectivity index is 1.95. The summed E-state index contributed by atoms with van der Waals surface area (Å²) in [6.45, 7) is 0.189.